The normalized spacial score (nSPS) is 14.9. The van der Waals surface area contributed by atoms with Gasteiger partial charge in [-0.3, -0.25) is 0 Å². The number of carbonyl (C=O) groups is 2. The summed E-state index contributed by atoms with van der Waals surface area (Å²) < 4.78 is 14.8. The van der Waals surface area contributed by atoms with Gasteiger partial charge in [-0.1, -0.05) is 0 Å². The van der Waals surface area contributed by atoms with E-state index in [1.54, 1.807) is 27.7 Å². The summed E-state index contributed by atoms with van der Waals surface area (Å²) in [7, 11) is 1.47. The summed E-state index contributed by atoms with van der Waals surface area (Å²) in [5.74, 6) is 0. The average Bonchev–Trinajstić information content (AvgIpc) is 2.15. The standard InChI is InChI=1S/C11H21NO5/c1-10(2,3)17-9(14)12-11(4,6-13)7-16-8-15-5/h6H,7-8H2,1-5H3,(H,12,14). The zero-order chi connectivity index (χ0) is 13.5. The summed E-state index contributed by atoms with van der Waals surface area (Å²) in [6.45, 7) is 6.84. The third-order valence-electron chi connectivity index (χ3n) is 1.65. The van der Waals surface area contributed by atoms with Crippen molar-refractivity contribution in [3.63, 3.8) is 0 Å². The monoisotopic (exact) mass is 247 g/mol. The minimum atomic E-state index is -1.12. The molecular weight excluding hydrogens is 226 g/mol. The molecule has 6 nitrogen and oxygen atoms in total. The molecule has 0 saturated heterocycles. The fourth-order valence-corrected chi connectivity index (χ4v) is 0.973. The fraction of sp³-hybridized carbons (Fsp3) is 0.818. The lowest BCUT2D eigenvalue weighted by molar-refractivity contribution is -0.118. The van der Waals surface area contributed by atoms with Gasteiger partial charge in [0, 0.05) is 7.11 Å². The molecule has 0 spiro atoms. The van der Waals surface area contributed by atoms with E-state index in [0.29, 0.717) is 6.29 Å². The second-order valence-corrected chi connectivity index (χ2v) is 4.92. The number of nitrogens with one attached hydrogen (secondary N) is 1. The first-order valence-electron chi connectivity index (χ1n) is 5.26. The number of ether oxygens (including phenoxy) is 3. The molecule has 6 heteroatoms. The van der Waals surface area contributed by atoms with Gasteiger partial charge in [-0.15, -0.1) is 0 Å². The predicted octanol–water partition coefficient (Wildman–Crippen LogP) is 1.09. The maximum Gasteiger partial charge on any atom is 0.408 e. The predicted molar refractivity (Wildman–Crippen MR) is 61.7 cm³/mol. The van der Waals surface area contributed by atoms with Crippen LogP contribution in [0.2, 0.25) is 0 Å². The number of carbonyl (C=O) groups excluding carboxylic acids is 2. The highest BCUT2D eigenvalue weighted by Gasteiger charge is 2.28. The fourth-order valence-electron chi connectivity index (χ4n) is 0.973. The van der Waals surface area contributed by atoms with Gasteiger partial charge < -0.3 is 24.3 Å². The second-order valence-electron chi connectivity index (χ2n) is 4.92. The van der Waals surface area contributed by atoms with Gasteiger partial charge in [0.25, 0.3) is 0 Å². The Balaban J connectivity index is 4.27. The van der Waals surface area contributed by atoms with Gasteiger partial charge in [-0.25, -0.2) is 4.79 Å². The Morgan fingerprint density at radius 3 is 2.29 bits per heavy atom. The quantitative estimate of drug-likeness (QED) is 0.432. The van der Waals surface area contributed by atoms with Crippen molar-refractivity contribution in [2.45, 2.75) is 38.8 Å². The van der Waals surface area contributed by atoms with Gasteiger partial charge >= 0.3 is 6.09 Å². The lowest BCUT2D eigenvalue weighted by Gasteiger charge is -2.27. The summed E-state index contributed by atoms with van der Waals surface area (Å²) in [6, 6.07) is 0. The number of hydrogen-bond donors (Lipinski definition) is 1. The van der Waals surface area contributed by atoms with Gasteiger partial charge in [-0.05, 0) is 27.7 Å². The average molecular weight is 247 g/mol. The zero-order valence-electron chi connectivity index (χ0n) is 11.0. The maximum absolute atomic E-state index is 11.5. The van der Waals surface area contributed by atoms with Crippen molar-refractivity contribution in [2.75, 3.05) is 20.5 Å². The van der Waals surface area contributed by atoms with Crippen LogP contribution in [-0.2, 0) is 19.0 Å². The van der Waals surface area contributed by atoms with E-state index in [0.717, 1.165) is 0 Å². The van der Waals surface area contributed by atoms with Crippen LogP contribution in [0, 0.1) is 0 Å². The van der Waals surface area contributed by atoms with Crippen molar-refractivity contribution in [2.24, 2.45) is 0 Å². The topological polar surface area (TPSA) is 73.9 Å². The van der Waals surface area contributed by atoms with Crippen molar-refractivity contribution in [1.29, 1.82) is 0 Å². The first-order valence-corrected chi connectivity index (χ1v) is 5.26. The van der Waals surface area contributed by atoms with Crippen molar-refractivity contribution < 1.29 is 23.8 Å². The van der Waals surface area contributed by atoms with E-state index in [4.69, 9.17) is 9.47 Å². The van der Waals surface area contributed by atoms with E-state index < -0.39 is 17.2 Å². The largest absolute Gasteiger partial charge is 0.444 e. The van der Waals surface area contributed by atoms with Crippen LogP contribution in [-0.4, -0.2) is 44.0 Å². The molecule has 1 N–H and O–H groups in total. The Kier molecular flexibility index (Phi) is 6.12. The van der Waals surface area contributed by atoms with E-state index in [1.807, 2.05) is 0 Å². The Morgan fingerprint density at radius 2 is 1.88 bits per heavy atom. The highest BCUT2D eigenvalue weighted by Crippen LogP contribution is 2.09. The molecule has 0 saturated carbocycles. The Labute approximate surface area is 102 Å². The molecule has 0 aromatic rings. The first kappa shape index (κ1) is 15.9. The molecule has 0 bridgehead atoms. The molecule has 0 aromatic carbocycles. The minimum Gasteiger partial charge on any atom is -0.444 e. The van der Waals surface area contributed by atoms with Crippen LogP contribution in [0.1, 0.15) is 27.7 Å². The highest BCUT2D eigenvalue weighted by molar-refractivity contribution is 5.76. The molecule has 0 aliphatic rings. The third kappa shape index (κ3) is 7.70. The van der Waals surface area contributed by atoms with Crippen LogP contribution in [0.4, 0.5) is 4.79 Å². The minimum absolute atomic E-state index is 0.0174. The number of amides is 1. The number of aldehydes is 1. The number of hydrogen-bond acceptors (Lipinski definition) is 5. The smallest absolute Gasteiger partial charge is 0.408 e. The lowest BCUT2D eigenvalue weighted by Crippen LogP contribution is -2.52. The van der Waals surface area contributed by atoms with E-state index in [9.17, 15) is 9.59 Å². The molecule has 0 radical (unpaired) electrons. The maximum atomic E-state index is 11.5. The molecule has 0 heterocycles. The molecule has 1 atom stereocenters. The zero-order valence-corrected chi connectivity index (χ0v) is 11.0. The van der Waals surface area contributed by atoms with Crippen molar-refractivity contribution >= 4 is 12.4 Å². The van der Waals surface area contributed by atoms with Gasteiger partial charge in [0.05, 0.1) is 6.61 Å². The van der Waals surface area contributed by atoms with Crippen LogP contribution in [0.3, 0.4) is 0 Å². The summed E-state index contributed by atoms with van der Waals surface area (Å²) in [4.78, 5) is 22.4. The van der Waals surface area contributed by atoms with Gasteiger partial charge in [-0.2, -0.15) is 0 Å². The lowest BCUT2D eigenvalue weighted by atomic mass is 10.1. The number of rotatable bonds is 6. The molecule has 0 rings (SSSR count). The Bertz CT molecular complexity index is 261. The van der Waals surface area contributed by atoms with Gasteiger partial charge in [0.1, 0.15) is 24.2 Å². The molecule has 0 aromatic heterocycles. The van der Waals surface area contributed by atoms with Crippen molar-refractivity contribution in [3.8, 4) is 0 Å². The number of methoxy groups -OCH3 is 1. The Morgan fingerprint density at radius 1 is 1.29 bits per heavy atom. The van der Waals surface area contributed by atoms with Crippen LogP contribution >= 0.6 is 0 Å². The van der Waals surface area contributed by atoms with Crippen molar-refractivity contribution in [3.05, 3.63) is 0 Å². The van der Waals surface area contributed by atoms with E-state index >= 15 is 0 Å². The number of alkyl carbamates (subject to hydrolysis) is 1. The van der Waals surface area contributed by atoms with E-state index in [1.165, 1.54) is 7.11 Å². The molecule has 100 valence electrons. The van der Waals surface area contributed by atoms with Crippen LogP contribution in [0.25, 0.3) is 0 Å². The molecular formula is C11H21NO5. The van der Waals surface area contributed by atoms with Gasteiger partial charge in [0.15, 0.2) is 0 Å². The summed E-state index contributed by atoms with van der Waals surface area (Å²) in [5, 5.41) is 2.45. The SMILES string of the molecule is COCOCC(C)(C=O)NC(=O)OC(C)(C)C. The Hall–Kier alpha value is -1.14. The second kappa shape index (κ2) is 6.56. The summed E-state index contributed by atoms with van der Waals surface area (Å²) in [6.07, 6.45) is -0.0554. The summed E-state index contributed by atoms with van der Waals surface area (Å²) >= 11 is 0. The van der Waals surface area contributed by atoms with Crippen LogP contribution in [0.15, 0.2) is 0 Å². The molecule has 1 amide bonds. The van der Waals surface area contributed by atoms with Crippen LogP contribution in [0.5, 0.6) is 0 Å². The molecule has 0 aliphatic carbocycles. The van der Waals surface area contributed by atoms with E-state index in [-0.39, 0.29) is 13.4 Å². The van der Waals surface area contributed by atoms with E-state index in [2.05, 4.69) is 10.1 Å². The highest BCUT2D eigenvalue weighted by atomic mass is 16.7. The van der Waals surface area contributed by atoms with Gasteiger partial charge in [0.2, 0.25) is 0 Å². The first-order chi connectivity index (χ1) is 7.72. The molecule has 0 aliphatic heterocycles. The molecule has 0 fully saturated rings. The van der Waals surface area contributed by atoms with Crippen LogP contribution < -0.4 is 5.32 Å². The van der Waals surface area contributed by atoms with Crippen molar-refractivity contribution in [1.82, 2.24) is 5.32 Å². The molecule has 17 heavy (non-hydrogen) atoms. The third-order valence-corrected chi connectivity index (χ3v) is 1.65. The molecule has 1 unspecified atom stereocenters. The summed E-state index contributed by atoms with van der Waals surface area (Å²) in [5.41, 5.74) is -1.73.